The van der Waals surface area contributed by atoms with Crippen molar-refractivity contribution in [1.82, 2.24) is 0 Å². The highest BCUT2D eigenvalue weighted by Gasteiger charge is 2.37. The molecular formula is C13H9F4NO2S. The molecule has 0 atom stereocenters. The summed E-state index contributed by atoms with van der Waals surface area (Å²) in [6.07, 6.45) is -4.83. The van der Waals surface area contributed by atoms with E-state index in [-0.39, 0.29) is 0 Å². The number of halogens is 4. The average Bonchev–Trinajstić information content (AvgIpc) is 2.40. The van der Waals surface area contributed by atoms with Crippen molar-refractivity contribution < 1.29 is 26.0 Å². The molecule has 2 aromatic carbocycles. The van der Waals surface area contributed by atoms with Crippen LogP contribution in [-0.2, 0) is 16.2 Å². The number of rotatable bonds is 3. The quantitative estimate of drug-likeness (QED) is 0.878. The van der Waals surface area contributed by atoms with Gasteiger partial charge in [-0.25, -0.2) is 12.8 Å². The van der Waals surface area contributed by atoms with E-state index < -0.39 is 38.2 Å². The van der Waals surface area contributed by atoms with Crippen LogP contribution in [0.3, 0.4) is 0 Å². The van der Waals surface area contributed by atoms with Crippen molar-refractivity contribution in [3.05, 3.63) is 59.9 Å². The van der Waals surface area contributed by atoms with Gasteiger partial charge in [0.15, 0.2) is 0 Å². The molecule has 0 heterocycles. The first-order valence-electron chi connectivity index (χ1n) is 5.65. The smallest absolute Gasteiger partial charge is 0.277 e. The number of anilines is 1. The standard InChI is InChI=1S/C13H9F4NO2S/c14-10-6-2-3-7-11(10)18-21(19,20)12-8-4-1-5-9(12)13(15,16)17/h1-8,18H. The van der Waals surface area contributed by atoms with Crippen molar-refractivity contribution in [2.45, 2.75) is 11.1 Å². The molecule has 0 aliphatic rings. The van der Waals surface area contributed by atoms with E-state index >= 15 is 0 Å². The van der Waals surface area contributed by atoms with Gasteiger partial charge in [0.25, 0.3) is 10.0 Å². The summed E-state index contributed by atoms with van der Waals surface area (Å²) in [5.74, 6) is -0.884. The van der Waals surface area contributed by atoms with Crippen LogP contribution in [0.2, 0.25) is 0 Å². The molecular weight excluding hydrogens is 310 g/mol. The second-order valence-corrected chi connectivity index (χ2v) is 5.73. The maximum absolute atomic E-state index is 13.4. The summed E-state index contributed by atoms with van der Waals surface area (Å²) >= 11 is 0. The van der Waals surface area contributed by atoms with Crippen molar-refractivity contribution in [2.75, 3.05) is 4.72 Å². The summed E-state index contributed by atoms with van der Waals surface area (Å²) in [6, 6.07) is 8.49. The normalized spacial score (nSPS) is 12.2. The van der Waals surface area contributed by atoms with Crippen molar-refractivity contribution in [2.24, 2.45) is 0 Å². The second kappa shape index (κ2) is 5.36. The number of benzene rings is 2. The monoisotopic (exact) mass is 319 g/mol. The fraction of sp³-hybridized carbons (Fsp3) is 0.0769. The van der Waals surface area contributed by atoms with Crippen molar-refractivity contribution in [3.63, 3.8) is 0 Å². The van der Waals surface area contributed by atoms with E-state index in [9.17, 15) is 26.0 Å². The van der Waals surface area contributed by atoms with Gasteiger partial charge in [-0.2, -0.15) is 13.2 Å². The van der Waals surface area contributed by atoms with Gasteiger partial charge in [0, 0.05) is 0 Å². The maximum Gasteiger partial charge on any atom is 0.417 e. The highest BCUT2D eigenvalue weighted by molar-refractivity contribution is 7.92. The Morgan fingerprint density at radius 1 is 0.905 bits per heavy atom. The Bertz CT molecular complexity index is 757. The zero-order chi connectivity index (χ0) is 15.7. The molecule has 0 spiro atoms. The number of sulfonamides is 1. The second-order valence-electron chi connectivity index (χ2n) is 4.08. The summed E-state index contributed by atoms with van der Waals surface area (Å²) in [4.78, 5) is -0.958. The lowest BCUT2D eigenvalue weighted by Crippen LogP contribution is -2.19. The fourth-order valence-corrected chi connectivity index (χ4v) is 2.97. The zero-order valence-electron chi connectivity index (χ0n) is 10.4. The van der Waals surface area contributed by atoms with E-state index in [2.05, 4.69) is 0 Å². The van der Waals surface area contributed by atoms with Crippen molar-refractivity contribution in [1.29, 1.82) is 0 Å². The minimum absolute atomic E-state index is 0.422. The highest BCUT2D eigenvalue weighted by atomic mass is 32.2. The molecule has 0 aliphatic heterocycles. The predicted molar refractivity (Wildman–Crippen MR) is 68.7 cm³/mol. The predicted octanol–water partition coefficient (Wildman–Crippen LogP) is 3.65. The first kappa shape index (κ1) is 15.3. The molecule has 0 unspecified atom stereocenters. The molecule has 0 saturated heterocycles. The third kappa shape index (κ3) is 3.33. The number of nitrogens with one attached hydrogen (secondary N) is 1. The first-order valence-corrected chi connectivity index (χ1v) is 7.14. The Hall–Kier alpha value is -2.09. The molecule has 0 fully saturated rings. The van der Waals surface area contributed by atoms with Crippen molar-refractivity contribution >= 4 is 15.7 Å². The van der Waals surface area contributed by atoms with Gasteiger partial charge in [-0.05, 0) is 24.3 Å². The van der Waals surface area contributed by atoms with E-state index in [4.69, 9.17) is 0 Å². The minimum atomic E-state index is -4.83. The molecule has 8 heteroatoms. The summed E-state index contributed by atoms with van der Waals surface area (Å²) in [7, 11) is -4.56. The Morgan fingerprint density at radius 3 is 2.10 bits per heavy atom. The number of hydrogen-bond donors (Lipinski definition) is 1. The van der Waals surface area contributed by atoms with Gasteiger partial charge in [-0.1, -0.05) is 24.3 Å². The van der Waals surface area contributed by atoms with Crippen LogP contribution in [0.15, 0.2) is 53.4 Å². The molecule has 21 heavy (non-hydrogen) atoms. The number of hydrogen-bond acceptors (Lipinski definition) is 2. The Labute approximate surface area is 118 Å². The van der Waals surface area contributed by atoms with Crippen LogP contribution < -0.4 is 4.72 Å². The van der Waals surface area contributed by atoms with Gasteiger partial charge in [0.05, 0.1) is 16.1 Å². The summed E-state index contributed by atoms with van der Waals surface area (Å²) in [5, 5.41) is 0. The third-order valence-electron chi connectivity index (χ3n) is 2.60. The maximum atomic E-state index is 13.4. The van der Waals surface area contributed by atoms with Crippen LogP contribution in [-0.4, -0.2) is 8.42 Å². The lowest BCUT2D eigenvalue weighted by atomic mass is 10.2. The van der Waals surface area contributed by atoms with Crippen LogP contribution in [0.5, 0.6) is 0 Å². The third-order valence-corrected chi connectivity index (χ3v) is 4.02. The average molecular weight is 319 g/mol. The van der Waals surface area contributed by atoms with E-state index in [1.54, 1.807) is 0 Å². The highest BCUT2D eigenvalue weighted by Crippen LogP contribution is 2.34. The first-order chi connectivity index (χ1) is 9.72. The van der Waals surface area contributed by atoms with E-state index in [0.717, 1.165) is 30.3 Å². The van der Waals surface area contributed by atoms with Gasteiger partial charge in [0.2, 0.25) is 0 Å². The largest absolute Gasteiger partial charge is 0.417 e. The number of alkyl halides is 3. The van der Waals surface area contributed by atoms with Gasteiger partial charge >= 0.3 is 6.18 Å². The molecule has 0 bridgehead atoms. The summed E-state index contributed by atoms with van der Waals surface area (Å²) < 4.78 is 77.8. The Kier molecular flexibility index (Phi) is 3.91. The van der Waals surface area contributed by atoms with E-state index in [1.165, 1.54) is 12.1 Å². The van der Waals surface area contributed by atoms with Gasteiger partial charge in [-0.15, -0.1) is 0 Å². The van der Waals surface area contributed by atoms with Crippen LogP contribution >= 0.6 is 0 Å². The van der Waals surface area contributed by atoms with E-state index in [1.807, 2.05) is 4.72 Å². The van der Waals surface area contributed by atoms with Crippen LogP contribution in [0, 0.1) is 5.82 Å². The Balaban J connectivity index is 2.49. The molecule has 1 N–H and O–H groups in total. The van der Waals surface area contributed by atoms with E-state index in [0.29, 0.717) is 6.07 Å². The fourth-order valence-electron chi connectivity index (χ4n) is 1.68. The molecule has 0 aromatic heterocycles. The zero-order valence-corrected chi connectivity index (χ0v) is 11.2. The number of para-hydroxylation sites is 1. The molecule has 0 aliphatic carbocycles. The van der Waals surface area contributed by atoms with Crippen molar-refractivity contribution in [3.8, 4) is 0 Å². The summed E-state index contributed by atoms with van der Waals surface area (Å²) in [6.45, 7) is 0. The van der Waals surface area contributed by atoms with Crippen LogP contribution in [0.4, 0.5) is 23.2 Å². The van der Waals surface area contributed by atoms with Crippen LogP contribution in [0.25, 0.3) is 0 Å². The molecule has 2 rings (SSSR count). The topological polar surface area (TPSA) is 46.2 Å². The lowest BCUT2D eigenvalue weighted by Gasteiger charge is -2.14. The summed E-state index contributed by atoms with van der Waals surface area (Å²) in [5.41, 5.74) is -1.73. The molecule has 0 amide bonds. The molecule has 112 valence electrons. The van der Waals surface area contributed by atoms with Gasteiger partial charge < -0.3 is 0 Å². The molecule has 3 nitrogen and oxygen atoms in total. The van der Waals surface area contributed by atoms with Crippen LogP contribution in [0.1, 0.15) is 5.56 Å². The SMILES string of the molecule is O=S(=O)(Nc1ccccc1F)c1ccccc1C(F)(F)F. The lowest BCUT2D eigenvalue weighted by molar-refractivity contribution is -0.139. The molecule has 0 saturated carbocycles. The molecule has 0 radical (unpaired) electrons. The molecule has 2 aromatic rings. The Morgan fingerprint density at radius 2 is 1.48 bits per heavy atom. The van der Waals surface area contributed by atoms with Gasteiger partial charge in [0.1, 0.15) is 5.82 Å². The van der Waals surface area contributed by atoms with Gasteiger partial charge in [-0.3, -0.25) is 4.72 Å². The minimum Gasteiger partial charge on any atom is -0.277 e.